The van der Waals surface area contributed by atoms with E-state index in [0.29, 0.717) is 12.3 Å². The van der Waals surface area contributed by atoms with E-state index in [4.69, 9.17) is 16.3 Å². The molecule has 2 aromatic rings. The van der Waals surface area contributed by atoms with Crippen LogP contribution < -0.4 is 4.74 Å². The average Bonchev–Trinajstić information content (AvgIpc) is 2.74. The maximum Gasteiger partial charge on any atom is 0.226 e. The van der Waals surface area contributed by atoms with Crippen LogP contribution in [-0.4, -0.2) is 56.0 Å². The van der Waals surface area contributed by atoms with Gasteiger partial charge in [0.25, 0.3) is 0 Å². The van der Waals surface area contributed by atoms with E-state index in [2.05, 4.69) is 17.0 Å². The number of benzene rings is 2. The van der Waals surface area contributed by atoms with E-state index >= 15 is 0 Å². The molecule has 5 heteroatoms. The summed E-state index contributed by atoms with van der Waals surface area (Å²) < 4.78 is 5.18. The van der Waals surface area contributed by atoms with Crippen molar-refractivity contribution in [3.05, 3.63) is 64.7 Å². The van der Waals surface area contributed by atoms with Gasteiger partial charge in [-0.3, -0.25) is 4.79 Å². The van der Waals surface area contributed by atoms with Crippen molar-refractivity contribution < 1.29 is 9.53 Å². The zero-order chi connectivity index (χ0) is 20.6. The Morgan fingerprint density at radius 1 is 1.14 bits per heavy atom. The van der Waals surface area contributed by atoms with Crippen molar-refractivity contribution in [3.63, 3.8) is 0 Å². The minimum atomic E-state index is 0.174. The summed E-state index contributed by atoms with van der Waals surface area (Å²) in [5, 5.41) is 0.786. The first-order valence-electron chi connectivity index (χ1n) is 10.4. The monoisotopic (exact) mass is 414 g/mol. The van der Waals surface area contributed by atoms with Crippen LogP contribution in [0.3, 0.4) is 0 Å². The van der Waals surface area contributed by atoms with E-state index in [9.17, 15) is 4.79 Å². The van der Waals surface area contributed by atoms with Crippen molar-refractivity contribution in [1.29, 1.82) is 0 Å². The van der Waals surface area contributed by atoms with Crippen LogP contribution in [0.4, 0.5) is 0 Å². The molecule has 1 unspecified atom stereocenters. The molecule has 2 aromatic carbocycles. The quantitative estimate of drug-likeness (QED) is 0.645. The van der Waals surface area contributed by atoms with Crippen LogP contribution in [0, 0.1) is 5.92 Å². The first-order chi connectivity index (χ1) is 14.0. The Morgan fingerprint density at radius 2 is 1.83 bits per heavy atom. The van der Waals surface area contributed by atoms with Gasteiger partial charge in [-0.15, -0.1) is 0 Å². The number of hydrogen-bond donors (Lipinski definition) is 0. The summed E-state index contributed by atoms with van der Waals surface area (Å²) in [5.41, 5.74) is 2.35. The maximum atomic E-state index is 12.6. The largest absolute Gasteiger partial charge is 0.497 e. The molecular formula is C24H31ClN2O2. The Balaban J connectivity index is 1.44. The standard InChI is InChI=1S/C24H31ClN2O2/c1-26(24(28)16-20-7-11-23(29-2)12-8-20)17-21-4-3-14-27(18-21)15-13-19-5-9-22(25)10-6-19/h5-12,21H,3-4,13-18H2,1-2H3. The molecule has 0 aromatic heterocycles. The molecule has 0 radical (unpaired) electrons. The van der Waals surface area contributed by atoms with Crippen LogP contribution in [0.5, 0.6) is 5.75 Å². The van der Waals surface area contributed by atoms with Crippen LogP contribution in [0.25, 0.3) is 0 Å². The Hall–Kier alpha value is -2.04. The van der Waals surface area contributed by atoms with E-state index in [1.54, 1.807) is 7.11 Å². The summed E-state index contributed by atoms with van der Waals surface area (Å²) in [4.78, 5) is 17.1. The molecule has 0 N–H and O–H groups in total. The number of methoxy groups -OCH3 is 1. The highest BCUT2D eigenvalue weighted by Crippen LogP contribution is 2.19. The van der Waals surface area contributed by atoms with Crippen LogP contribution in [0.15, 0.2) is 48.5 Å². The summed E-state index contributed by atoms with van der Waals surface area (Å²) in [7, 11) is 3.58. The highest BCUT2D eigenvalue weighted by Gasteiger charge is 2.22. The van der Waals surface area contributed by atoms with Gasteiger partial charge in [-0.1, -0.05) is 35.9 Å². The van der Waals surface area contributed by atoms with Gasteiger partial charge in [-0.05, 0) is 67.1 Å². The van der Waals surface area contributed by atoms with Crippen molar-refractivity contribution in [2.45, 2.75) is 25.7 Å². The fourth-order valence-corrected chi connectivity index (χ4v) is 4.11. The normalized spacial score (nSPS) is 17.1. The van der Waals surface area contributed by atoms with Crippen molar-refractivity contribution >= 4 is 17.5 Å². The summed E-state index contributed by atoms with van der Waals surface area (Å²) >= 11 is 5.97. The Labute approximate surface area is 179 Å². The van der Waals surface area contributed by atoms with E-state index in [-0.39, 0.29) is 5.91 Å². The number of halogens is 1. The van der Waals surface area contributed by atoms with Gasteiger partial charge in [0.15, 0.2) is 0 Å². The molecule has 1 heterocycles. The number of carbonyl (C=O) groups excluding carboxylic acids is 1. The topological polar surface area (TPSA) is 32.8 Å². The first kappa shape index (κ1) is 21.7. The zero-order valence-electron chi connectivity index (χ0n) is 17.4. The summed E-state index contributed by atoms with van der Waals surface area (Å²) in [6, 6.07) is 15.9. The predicted octanol–water partition coefficient (Wildman–Crippen LogP) is 4.30. The van der Waals surface area contributed by atoms with Crippen LogP contribution in [0.2, 0.25) is 5.02 Å². The van der Waals surface area contributed by atoms with Crippen LogP contribution >= 0.6 is 11.6 Å². The van der Waals surface area contributed by atoms with Crippen LogP contribution in [0.1, 0.15) is 24.0 Å². The number of carbonyl (C=O) groups is 1. The lowest BCUT2D eigenvalue weighted by atomic mass is 9.96. The number of piperidine rings is 1. The zero-order valence-corrected chi connectivity index (χ0v) is 18.2. The third kappa shape index (κ3) is 6.76. The van der Waals surface area contributed by atoms with Crippen LogP contribution in [-0.2, 0) is 17.6 Å². The molecule has 4 nitrogen and oxygen atoms in total. The molecule has 1 atom stereocenters. The highest BCUT2D eigenvalue weighted by atomic mass is 35.5. The number of ether oxygens (including phenoxy) is 1. The molecule has 1 aliphatic heterocycles. The van der Waals surface area contributed by atoms with Gasteiger partial charge in [0, 0.05) is 31.7 Å². The molecule has 0 aliphatic carbocycles. The molecule has 156 valence electrons. The molecule has 0 spiro atoms. The molecule has 1 aliphatic rings. The summed E-state index contributed by atoms with van der Waals surface area (Å²) in [6.07, 6.45) is 3.87. The predicted molar refractivity (Wildman–Crippen MR) is 119 cm³/mol. The second-order valence-electron chi connectivity index (χ2n) is 7.98. The highest BCUT2D eigenvalue weighted by molar-refractivity contribution is 6.30. The Kier molecular flexibility index (Phi) is 7.96. The Bertz CT molecular complexity index is 776. The molecule has 3 rings (SSSR count). The minimum Gasteiger partial charge on any atom is -0.497 e. The van der Waals surface area contributed by atoms with E-state index < -0.39 is 0 Å². The molecule has 0 saturated carbocycles. The van der Waals surface area contributed by atoms with Gasteiger partial charge < -0.3 is 14.5 Å². The molecule has 1 saturated heterocycles. The SMILES string of the molecule is COc1ccc(CC(=O)N(C)CC2CCCN(CCc3ccc(Cl)cc3)C2)cc1. The van der Waals surface area contributed by atoms with Gasteiger partial charge >= 0.3 is 0 Å². The lowest BCUT2D eigenvalue weighted by Crippen LogP contribution is -2.42. The first-order valence-corrected chi connectivity index (χ1v) is 10.7. The van der Waals surface area contributed by atoms with Crippen molar-refractivity contribution in [2.24, 2.45) is 5.92 Å². The van der Waals surface area contributed by atoms with E-state index in [1.165, 1.54) is 18.4 Å². The van der Waals surface area contributed by atoms with Gasteiger partial charge in [-0.25, -0.2) is 0 Å². The fourth-order valence-electron chi connectivity index (χ4n) is 3.98. The second-order valence-corrected chi connectivity index (χ2v) is 8.42. The number of rotatable bonds is 8. The number of hydrogen-bond acceptors (Lipinski definition) is 3. The average molecular weight is 415 g/mol. The van der Waals surface area contributed by atoms with Gasteiger partial charge in [0.1, 0.15) is 5.75 Å². The van der Waals surface area contributed by atoms with E-state index in [1.807, 2.05) is 48.3 Å². The number of likely N-dealkylation sites (tertiary alicyclic amines) is 1. The third-order valence-electron chi connectivity index (χ3n) is 5.71. The molecule has 0 bridgehead atoms. The van der Waals surface area contributed by atoms with Crippen molar-refractivity contribution in [2.75, 3.05) is 40.3 Å². The number of amides is 1. The second kappa shape index (κ2) is 10.7. The number of likely N-dealkylation sites (N-methyl/N-ethyl adjacent to an activating group) is 1. The van der Waals surface area contributed by atoms with Crippen molar-refractivity contribution in [3.8, 4) is 5.75 Å². The third-order valence-corrected chi connectivity index (χ3v) is 5.96. The summed E-state index contributed by atoms with van der Waals surface area (Å²) in [5.74, 6) is 1.53. The lowest BCUT2D eigenvalue weighted by molar-refractivity contribution is -0.130. The van der Waals surface area contributed by atoms with Gasteiger partial charge in [0.2, 0.25) is 5.91 Å². The maximum absolute atomic E-state index is 12.6. The molecule has 29 heavy (non-hydrogen) atoms. The van der Waals surface area contributed by atoms with E-state index in [0.717, 1.165) is 48.9 Å². The lowest BCUT2D eigenvalue weighted by Gasteiger charge is -2.34. The fraction of sp³-hybridized carbons (Fsp3) is 0.458. The smallest absolute Gasteiger partial charge is 0.226 e. The molecular weight excluding hydrogens is 384 g/mol. The minimum absolute atomic E-state index is 0.174. The van der Waals surface area contributed by atoms with Gasteiger partial charge in [-0.2, -0.15) is 0 Å². The number of nitrogens with zero attached hydrogens (tertiary/aromatic N) is 2. The summed E-state index contributed by atoms with van der Waals surface area (Å²) in [6.45, 7) is 4.09. The molecule has 1 amide bonds. The van der Waals surface area contributed by atoms with Crippen molar-refractivity contribution in [1.82, 2.24) is 9.80 Å². The Morgan fingerprint density at radius 3 is 2.52 bits per heavy atom. The van der Waals surface area contributed by atoms with Gasteiger partial charge in [0.05, 0.1) is 13.5 Å². The molecule has 1 fully saturated rings.